The van der Waals surface area contributed by atoms with Crippen molar-refractivity contribution in [2.24, 2.45) is 0 Å². The van der Waals surface area contributed by atoms with Gasteiger partial charge in [-0.2, -0.15) is 0 Å². The predicted molar refractivity (Wildman–Crippen MR) is 53.0 cm³/mol. The molecular weight excluding hydrogens is 275 g/mol. The number of aromatic nitrogens is 3. The van der Waals surface area contributed by atoms with E-state index in [2.05, 4.69) is 10.1 Å². The Morgan fingerprint density at radius 1 is 1.50 bits per heavy atom. The summed E-state index contributed by atoms with van der Waals surface area (Å²) in [7, 11) is 0. The number of hydrogen-bond donors (Lipinski definition) is 0. The first-order chi connectivity index (χ1) is 7.18. The van der Waals surface area contributed by atoms with E-state index >= 15 is 0 Å². The monoisotopic (exact) mass is 280 g/mol. The molecule has 0 amide bonds. The largest absolute Gasteiger partial charge is 0.326 e. The third-order valence-corrected chi connectivity index (χ3v) is 2.03. The molecule has 6 nitrogen and oxygen atoms in total. The number of hydrogen-bond acceptors (Lipinski definition) is 4. The molecule has 0 aromatic carbocycles. The summed E-state index contributed by atoms with van der Waals surface area (Å²) in [4.78, 5) is 13.8. The van der Waals surface area contributed by atoms with Gasteiger partial charge in [0.05, 0.1) is 16.8 Å². The van der Waals surface area contributed by atoms with Gasteiger partial charge >= 0.3 is 5.69 Å². The molecule has 0 aliphatic heterocycles. The van der Waals surface area contributed by atoms with Crippen molar-refractivity contribution < 1.29 is 22.0 Å². The van der Waals surface area contributed by atoms with Crippen LogP contribution in [0, 0.1) is 10.1 Å². The number of nitrogens with zero attached hydrogens (tertiary/aromatic N) is 4. The first-order valence-electron chi connectivity index (χ1n) is 3.98. The van der Waals surface area contributed by atoms with E-state index in [1.165, 1.54) is 17.1 Å². The van der Waals surface area contributed by atoms with E-state index in [1.807, 2.05) is 0 Å². The molecule has 16 heavy (non-hydrogen) atoms. The van der Waals surface area contributed by atoms with Crippen molar-refractivity contribution in [1.29, 1.82) is 0 Å². The summed E-state index contributed by atoms with van der Waals surface area (Å²) in [5.41, 5.74) is 0.396. The summed E-state index contributed by atoms with van der Waals surface area (Å²) in [5, 5.41) is 14.2. The second kappa shape index (κ2) is 5.07. The van der Waals surface area contributed by atoms with Crippen molar-refractivity contribution in [3.8, 4) is 5.69 Å². The van der Waals surface area contributed by atoms with Crippen LogP contribution in [0.3, 0.4) is 0 Å². The number of rotatable bonds is 2. The van der Waals surface area contributed by atoms with Crippen molar-refractivity contribution in [3.63, 3.8) is 0 Å². The number of pyridine rings is 1. The van der Waals surface area contributed by atoms with Crippen LogP contribution in [0.5, 0.6) is 0 Å². The van der Waals surface area contributed by atoms with Crippen LogP contribution in [0.1, 0.15) is 0 Å². The average Bonchev–Trinajstić information content (AvgIpc) is 2.62. The standard InChI is InChI=1S/C8H5ClN4O2.Fe/c9-8-7(13(14)15)5-12(11-8)6-2-1-3-10-4-6;/h1-5H;. The van der Waals surface area contributed by atoms with Gasteiger partial charge in [-0.3, -0.25) is 15.1 Å². The van der Waals surface area contributed by atoms with Crippen LogP contribution in [0.25, 0.3) is 5.69 Å². The fourth-order valence-corrected chi connectivity index (χ4v) is 1.29. The van der Waals surface area contributed by atoms with Gasteiger partial charge < -0.3 is 0 Å². The van der Waals surface area contributed by atoms with Gasteiger partial charge in [-0.25, -0.2) is 4.68 Å². The van der Waals surface area contributed by atoms with Gasteiger partial charge in [0.1, 0.15) is 6.20 Å². The van der Waals surface area contributed by atoms with Crippen molar-refractivity contribution in [2.45, 2.75) is 0 Å². The minimum Gasteiger partial charge on any atom is -0.262 e. The maximum absolute atomic E-state index is 10.5. The topological polar surface area (TPSA) is 73.8 Å². The first-order valence-corrected chi connectivity index (χ1v) is 4.36. The molecule has 8 heteroatoms. The molecule has 0 saturated heterocycles. The summed E-state index contributed by atoms with van der Waals surface area (Å²) < 4.78 is 1.31. The Kier molecular flexibility index (Phi) is 4.00. The SMILES string of the molecule is O=[N+]([O-])c1cn(-c2cccnc2)nc1Cl.[Fe]. The Balaban J connectivity index is 0.00000128. The van der Waals surface area contributed by atoms with E-state index in [0.717, 1.165) is 0 Å². The van der Waals surface area contributed by atoms with E-state index in [4.69, 9.17) is 11.6 Å². The van der Waals surface area contributed by atoms with E-state index < -0.39 is 4.92 Å². The molecule has 0 spiro atoms. The molecule has 0 aliphatic carbocycles. The first kappa shape index (κ1) is 12.6. The van der Waals surface area contributed by atoms with E-state index in [0.29, 0.717) is 5.69 Å². The van der Waals surface area contributed by atoms with Crippen molar-refractivity contribution in [3.05, 3.63) is 46.0 Å². The molecule has 2 aromatic rings. The zero-order valence-corrected chi connectivity index (χ0v) is 9.58. The van der Waals surface area contributed by atoms with Gasteiger partial charge in [0, 0.05) is 23.3 Å². The molecule has 0 fully saturated rings. The molecule has 0 radical (unpaired) electrons. The van der Waals surface area contributed by atoms with Crippen LogP contribution < -0.4 is 0 Å². The Hall–Kier alpha value is -1.43. The molecule has 0 bridgehead atoms. The summed E-state index contributed by atoms with van der Waals surface area (Å²) >= 11 is 5.60. The molecule has 2 heterocycles. The Labute approximate surface area is 106 Å². The molecule has 0 N–H and O–H groups in total. The van der Waals surface area contributed by atoms with Crippen LogP contribution in [0.15, 0.2) is 30.7 Å². The number of halogens is 1. The smallest absolute Gasteiger partial charge is 0.262 e. The second-order valence-electron chi connectivity index (χ2n) is 2.72. The number of nitro groups is 1. The third-order valence-electron chi connectivity index (χ3n) is 1.76. The summed E-state index contributed by atoms with van der Waals surface area (Å²) in [6.45, 7) is 0. The van der Waals surface area contributed by atoms with E-state index in [9.17, 15) is 10.1 Å². The molecule has 2 aromatic heterocycles. The van der Waals surface area contributed by atoms with Gasteiger partial charge in [-0.05, 0) is 12.1 Å². The summed E-state index contributed by atoms with van der Waals surface area (Å²) in [6.07, 6.45) is 4.38. The molecule has 0 saturated carbocycles. The van der Waals surface area contributed by atoms with Crippen LogP contribution in [0.4, 0.5) is 5.69 Å². The van der Waals surface area contributed by atoms with Crippen LogP contribution in [-0.4, -0.2) is 19.7 Å². The predicted octanol–water partition coefficient (Wildman–Crippen LogP) is 1.83. The van der Waals surface area contributed by atoms with Gasteiger partial charge in [-0.15, -0.1) is 5.10 Å². The fraction of sp³-hybridized carbons (Fsp3) is 0. The third kappa shape index (κ3) is 2.38. The van der Waals surface area contributed by atoms with Gasteiger partial charge in [0.2, 0.25) is 5.15 Å². The molecule has 84 valence electrons. The Morgan fingerprint density at radius 2 is 2.25 bits per heavy atom. The maximum Gasteiger partial charge on any atom is 0.326 e. The minimum atomic E-state index is -0.581. The van der Waals surface area contributed by atoms with Crippen LogP contribution >= 0.6 is 11.6 Å². The van der Waals surface area contributed by atoms with Crippen LogP contribution in [-0.2, 0) is 17.1 Å². The molecule has 0 aliphatic rings. The molecule has 2 rings (SSSR count). The molecular formula is C8H5ClFeN4O2. The van der Waals surface area contributed by atoms with Crippen LogP contribution in [0.2, 0.25) is 5.15 Å². The Bertz CT molecular complexity index is 502. The molecule has 0 unspecified atom stereocenters. The van der Waals surface area contributed by atoms with Crippen molar-refractivity contribution in [2.75, 3.05) is 0 Å². The maximum atomic E-state index is 10.5. The summed E-state index contributed by atoms with van der Waals surface area (Å²) in [6, 6.07) is 3.43. The van der Waals surface area contributed by atoms with Gasteiger partial charge in [0.15, 0.2) is 0 Å². The van der Waals surface area contributed by atoms with E-state index in [1.54, 1.807) is 18.3 Å². The van der Waals surface area contributed by atoms with Crippen molar-refractivity contribution in [1.82, 2.24) is 14.8 Å². The molecule has 0 atom stereocenters. The van der Waals surface area contributed by atoms with Gasteiger partial charge in [-0.1, -0.05) is 11.6 Å². The Morgan fingerprint density at radius 3 is 2.75 bits per heavy atom. The van der Waals surface area contributed by atoms with Gasteiger partial charge in [0.25, 0.3) is 0 Å². The van der Waals surface area contributed by atoms with E-state index in [-0.39, 0.29) is 27.9 Å². The average molecular weight is 280 g/mol. The minimum absolute atomic E-state index is 0. The second-order valence-corrected chi connectivity index (χ2v) is 3.08. The fourth-order valence-electron chi connectivity index (χ4n) is 1.09. The normalized spacial score (nSPS) is 9.56. The quantitative estimate of drug-likeness (QED) is 0.478. The van der Waals surface area contributed by atoms with Crippen molar-refractivity contribution >= 4 is 17.3 Å². The zero-order valence-electron chi connectivity index (χ0n) is 7.72. The summed E-state index contributed by atoms with van der Waals surface area (Å²) in [5.74, 6) is 0. The zero-order chi connectivity index (χ0) is 10.8.